The Morgan fingerprint density at radius 1 is 1.56 bits per heavy atom. The van der Waals surface area contributed by atoms with Gasteiger partial charge in [-0.15, -0.1) is 0 Å². The predicted molar refractivity (Wildman–Crippen MR) is 54.0 cm³/mol. The van der Waals surface area contributed by atoms with E-state index in [4.69, 9.17) is 10.8 Å². The Morgan fingerprint density at radius 2 is 2.25 bits per heavy atom. The van der Waals surface area contributed by atoms with Crippen LogP contribution in [-0.2, 0) is 4.79 Å². The Kier molecular flexibility index (Phi) is 3.71. The third-order valence-corrected chi connectivity index (χ3v) is 1.72. The van der Waals surface area contributed by atoms with E-state index in [9.17, 15) is 14.0 Å². The number of carboxylic acids is 1. The highest BCUT2D eigenvalue weighted by Gasteiger charge is 2.11. The van der Waals surface area contributed by atoms with Gasteiger partial charge in [0.2, 0.25) is 11.9 Å². The molecule has 1 rings (SSSR count). The maximum Gasteiger partial charge on any atom is 0.340 e. The topological polar surface area (TPSA) is 93.3 Å². The number of carboxylic acid groups (broad SMARTS) is 1. The quantitative estimate of drug-likeness (QED) is 0.740. The zero-order valence-corrected chi connectivity index (χ0v) is 8.18. The summed E-state index contributed by atoms with van der Waals surface area (Å²) in [6, 6.07) is 1.13. The molecule has 0 spiro atoms. The number of pyridine rings is 1. The third-order valence-electron chi connectivity index (χ3n) is 1.72. The fourth-order valence-corrected chi connectivity index (χ4v) is 1.02. The number of primary amides is 1. The highest BCUT2D eigenvalue weighted by atomic mass is 19.1. The number of carbonyl (C=O) groups excluding carboxylic acids is 1. The van der Waals surface area contributed by atoms with Crippen molar-refractivity contribution in [2.45, 2.75) is 6.42 Å². The van der Waals surface area contributed by atoms with E-state index in [1.165, 1.54) is 18.3 Å². The van der Waals surface area contributed by atoms with Gasteiger partial charge in [0.1, 0.15) is 5.56 Å². The summed E-state index contributed by atoms with van der Waals surface area (Å²) in [5.74, 6) is -2.94. The van der Waals surface area contributed by atoms with Crippen molar-refractivity contribution in [1.82, 2.24) is 4.98 Å². The number of hydrogen-bond donors (Lipinski definition) is 2. The summed E-state index contributed by atoms with van der Waals surface area (Å²) in [6.07, 6.45) is 4.09. The molecule has 0 aliphatic heterocycles. The molecule has 0 saturated carbocycles. The van der Waals surface area contributed by atoms with Crippen molar-refractivity contribution in [3.8, 4) is 0 Å². The molecule has 1 amide bonds. The largest absolute Gasteiger partial charge is 0.478 e. The zero-order chi connectivity index (χ0) is 12.1. The van der Waals surface area contributed by atoms with E-state index in [1.807, 2.05) is 0 Å². The average molecular weight is 224 g/mol. The fourth-order valence-electron chi connectivity index (χ4n) is 1.02. The van der Waals surface area contributed by atoms with Gasteiger partial charge in [-0.25, -0.2) is 9.78 Å². The molecule has 3 N–H and O–H groups in total. The maximum absolute atomic E-state index is 12.9. The van der Waals surface area contributed by atoms with E-state index in [2.05, 4.69) is 4.98 Å². The smallest absolute Gasteiger partial charge is 0.340 e. The van der Waals surface area contributed by atoms with Gasteiger partial charge in [0.15, 0.2) is 0 Å². The average Bonchev–Trinajstić information content (AvgIpc) is 2.19. The SMILES string of the molecule is NC(=O)CC=Cc1cnc(F)c(C(=O)O)c1. The van der Waals surface area contributed by atoms with Crippen LogP contribution < -0.4 is 5.73 Å². The summed E-state index contributed by atoms with van der Waals surface area (Å²) in [5.41, 5.74) is 4.78. The van der Waals surface area contributed by atoms with E-state index in [1.54, 1.807) is 0 Å². The first kappa shape index (κ1) is 11.8. The Morgan fingerprint density at radius 3 is 2.81 bits per heavy atom. The molecule has 0 saturated heterocycles. The lowest BCUT2D eigenvalue weighted by Gasteiger charge is -1.98. The molecule has 16 heavy (non-hydrogen) atoms. The number of halogens is 1. The van der Waals surface area contributed by atoms with Crippen molar-refractivity contribution in [3.63, 3.8) is 0 Å². The molecule has 84 valence electrons. The van der Waals surface area contributed by atoms with Crippen LogP contribution in [0, 0.1) is 5.95 Å². The van der Waals surface area contributed by atoms with E-state index in [-0.39, 0.29) is 6.42 Å². The van der Waals surface area contributed by atoms with Gasteiger partial charge in [-0.2, -0.15) is 4.39 Å². The zero-order valence-electron chi connectivity index (χ0n) is 8.18. The minimum absolute atomic E-state index is 0.0276. The van der Waals surface area contributed by atoms with Gasteiger partial charge in [0.25, 0.3) is 0 Å². The summed E-state index contributed by atoms with van der Waals surface area (Å²) in [7, 11) is 0. The normalized spacial score (nSPS) is 10.6. The van der Waals surface area contributed by atoms with Gasteiger partial charge in [0.05, 0.1) is 0 Å². The number of aromatic carboxylic acids is 1. The molecule has 0 aromatic carbocycles. The monoisotopic (exact) mass is 224 g/mol. The Labute approximate surface area is 90.4 Å². The second-order valence-corrected chi connectivity index (χ2v) is 2.98. The first-order valence-electron chi connectivity index (χ1n) is 4.34. The highest BCUT2D eigenvalue weighted by Crippen LogP contribution is 2.09. The molecule has 0 unspecified atom stereocenters. The number of nitrogens with two attached hydrogens (primary N) is 1. The predicted octanol–water partition coefficient (Wildman–Crippen LogP) is 0.807. The molecular weight excluding hydrogens is 215 g/mol. The van der Waals surface area contributed by atoms with Crippen LogP contribution >= 0.6 is 0 Å². The Balaban J connectivity index is 2.91. The number of nitrogens with zero attached hydrogens (tertiary/aromatic N) is 1. The Bertz CT molecular complexity index is 457. The van der Waals surface area contributed by atoms with Gasteiger partial charge in [-0.3, -0.25) is 4.79 Å². The van der Waals surface area contributed by atoms with Crippen LogP contribution in [0.1, 0.15) is 22.3 Å². The maximum atomic E-state index is 12.9. The van der Waals surface area contributed by atoms with Gasteiger partial charge in [0, 0.05) is 12.6 Å². The lowest BCUT2D eigenvalue weighted by molar-refractivity contribution is -0.117. The summed E-state index contributed by atoms with van der Waals surface area (Å²) in [5, 5.41) is 8.63. The Hall–Kier alpha value is -2.24. The molecule has 0 aliphatic carbocycles. The number of amides is 1. The van der Waals surface area contributed by atoms with E-state index < -0.39 is 23.4 Å². The molecule has 1 heterocycles. The second kappa shape index (κ2) is 5.01. The summed E-state index contributed by atoms with van der Waals surface area (Å²) in [4.78, 5) is 24.3. The van der Waals surface area contributed by atoms with Gasteiger partial charge < -0.3 is 10.8 Å². The molecular formula is C10H9FN2O3. The fraction of sp³-hybridized carbons (Fsp3) is 0.100. The van der Waals surface area contributed by atoms with Crippen LogP contribution in [0.4, 0.5) is 4.39 Å². The molecule has 0 bridgehead atoms. The van der Waals surface area contributed by atoms with Crippen molar-refractivity contribution in [2.75, 3.05) is 0 Å². The number of carbonyl (C=O) groups is 2. The molecule has 0 radical (unpaired) electrons. The van der Waals surface area contributed by atoms with Crippen LogP contribution in [0.25, 0.3) is 6.08 Å². The molecule has 6 heteroatoms. The lowest BCUT2D eigenvalue weighted by Crippen LogP contribution is -2.08. The highest BCUT2D eigenvalue weighted by molar-refractivity contribution is 5.88. The third kappa shape index (κ3) is 3.16. The van der Waals surface area contributed by atoms with Crippen LogP contribution in [0.2, 0.25) is 0 Å². The minimum atomic E-state index is -1.39. The molecule has 5 nitrogen and oxygen atoms in total. The standard InChI is InChI=1S/C10H9FN2O3/c11-9-7(10(15)16)4-6(5-13-9)2-1-3-8(12)14/h1-2,4-5H,3H2,(H2,12,14)(H,15,16). The van der Waals surface area contributed by atoms with Crippen LogP contribution in [0.3, 0.4) is 0 Å². The summed E-state index contributed by atoms with van der Waals surface area (Å²) < 4.78 is 12.9. The van der Waals surface area contributed by atoms with Crippen molar-refractivity contribution in [2.24, 2.45) is 5.73 Å². The first-order chi connectivity index (χ1) is 7.50. The minimum Gasteiger partial charge on any atom is -0.478 e. The van der Waals surface area contributed by atoms with Crippen LogP contribution in [0.5, 0.6) is 0 Å². The number of rotatable bonds is 4. The molecule has 0 aliphatic rings. The number of hydrogen-bond acceptors (Lipinski definition) is 3. The van der Waals surface area contributed by atoms with Gasteiger partial charge in [-0.1, -0.05) is 12.2 Å². The van der Waals surface area contributed by atoms with Crippen molar-refractivity contribution < 1.29 is 19.1 Å². The number of aromatic nitrogens is 1. The van der Waals surface area contributed by atoms with Crippen molar-refractivity contribution in [3.05, 3.63) is 35.4 Å². The summed E-state index contributed by atoms with van der Waals surface area (Å²) >= 11 is 0. The van der Waals surface area contributed by atoms with E-state index in [0.717, 1.165) is 6.07 Å². The second-order valence-electron chi connectivity index (χ2n) is 2.98. The van der Waals surface area contributed by atoms with Crippen molar-refractivity contribution >= 4 is 18.0 Å². The molecule has 1 aromatic rings. The van der Waals surface area contributed by atoms with Gasteiger partial charge >= 0.3 is 5.97 Å². The van der Waals surface area contributed by atoms with E-state index >= 15 is 0 Å². The molecule has 0 atom stereocenters. The van der Waals surface area contributed by atoms with Gasteiger partial charge in [-0.05, 0) is 11.6 Å². The van der Waals surface area contributed by atoms with Crippen molar-refractivity contribution in [1.29, 1.82) is 0 Å². The molecule has 1 aromatic heterocycles. The first-order valence-corrected chi connectivity index (χ1v) is 4.34. The molecule has 0 fully saturated rings. The lowest BCUT2D eigenvalue weighted by atomic mass is 10.2. The summed E-state index contributed by atoms with van der Waals surface area (Å²) in [6.45, 7) is 0. The van der Waals surface area contributed by atoms with Crippen LogP contribution in [-0.4, -0.2) is 22.0 Å². The van der Waals surface area contributed by atoms with Crippen LogP contribution in [0.15, 0.2) is 18.3 Å². The van der Waals surface area contributed by atoms with E-state index in [0.29, 0.717) is 5.56 Å².